The van der Waals surface area contributed by atoms with Crippen molar-refractivity contribution in [2.75, 3.05) is 5.32 Å². The Labute approximate surface area is 199 Å². The van der Waals surface area contributed by atoms with Crippen molar-refractivity contribution in [3.05, 3.63) is 62.5 Å². The van der Waals surface area contributed by atoms with Gasteiger partial charge in [0, 0.05) is 35.9 Å². The maximum absolute atomic E-state index is 13.7. The largest absolute Gasteiger partial charge is 0.459 e. The molecule has 2 aromatic rings. The molecule has 0 spiro atoms. The molecule has 1 aromatic carbocycles. The van der Waals surface area contributed by atoms with E-state index < -0.39 is 5.92 Å². The van der Waals surface area contributed by atoms with E-state index in [0.29, 0.717) is 16.8 Å². The molecule has 0 bridgehead atoms. The molecule has 8 heteroatoms. The molecular formula is C26H32N4O4. The Morgan fingerprint density at radius 3 is 2.50 bits per heavy atom. The summed E-state index contributed by atoms with van der Waals surface area (Å²) in [6.07, 6.45) is 9.28. The lowest BCUT2D eigenvalue weighted by molar-refractivity contribution is -0.385. The number of anilines is 1. The van der Waals surface area contributed by atoms with Gasteiger partial charge in [0.2, 0.25) is 0 Å². The summed E-state index contributed by atoms with van der Waals surface area (Å²) >= 11 is 0. The highest BCUT2D eigenvalue weighted by molar-refractivity contribution is 5.95. The number of allylic oxidation sites excluding steroid dienone is 1. The summed E-state index contributed by atoms with van der Waals surface area (Å²) in [6, 6.07) is 6.75. The van der Waals surface area contributed by atoms with Crippen LogP contribution in [0.15, 0.2) is 35.5 Å². The summed E-state index contributed by atoms with van der Waals surface area (Å²) in [7, 11) is 1.89. The monoisotopic (exact) mass is 464 g/mol. The minimum absolute atomic E-state index is 0.0114. The van der Waals surface area contributed by atoms with Crippen molar-refractivity contribution < 1.29 is 14.5 Å². The fourth-order valence-corrected chi connectivity index (χ4v) is 5.98. The number of benzene rings is 1. The van der Waals surface area contributed by atoms with E-state index in [1.807, 2.05) is 18.7 Å². The molecule has 3 aliphatic rings. The number of hydrogen-bond donors (Lipinski definition) is 1. The van der Waals surface area contributed by atoms with E-state index in [0.717, 1.165) is 68.4 Å². The van der Waals surface area contributed by atoms with Crippen LogP contribution in [0.4, 0.5) is 11.5 Å². The van der Waals surface area contributed by atoms with Gasteiger partial charge in [0.1, 0.15) is 11.9 Å². The van der Waals surface area contributed by atoms with E-state index in [4.69, 9.17) is 9.84 Å². The van der Waals surface area contributed by atoms with Gasteiger partial charge in [-0.05, 0) is 45.4 Å². The molecule has 2 aliphatic carbocycles. The van der Waals surface area contributed by atoms with Crippen molar-refractivity contribution >= 4 is 17.5 Å². The number of nitro groups is 1. The molecule has 2 heterocycles. The molecular weight excluding hydrogens is 432 g/mol. The predicted molar refractivity (Wildman–Crippen MR) is 129 cm³/mol. The van der Waals surface area contributed by atoms with Crippen molar-refractivity contribution in [1.82, 2.24) is 9.78 Å². The number of ether oxygens (including phenoxy) is 1. The first-order valence-electron chi connectivity index (χ1n) is 12.4. The third kappa shape index (κ3) is 3.99. The van der Waals surface area contributed by atoms with Crippen LogP contribution >= 0.6 is 0 Å². The molecule has 34 heavy (non-hydrogen) atoms. The van der Waals surface area contributed by atoms with Gasteiger partial charge in [-0.1, -0.05) is 37.5 Å². The van der Waals surface area contributed by atoms with Gasteiger partial charge in [0.05, 0.1) is 22.1 Å². The van der Waals surface area contributed by atoms with Crippen LogP contribution in [-0.2, 0) is 16.6 Å². The zero-order valence-electron chi connectivity index (χ0n) is 19.9. The zero-order valence-corrected chi connectivity index (χ0v) is 19.9. The van der Waals surface area contributed by atoms with Gasteiger partial charge in [-0.25, -0.2) is 4.79 Å². The lowest BCUT2D eigenvalue weighted by Gasteiger charge is -2.31. The number of carbonyl (C=O) groups excluding carboxylic acids is 1. The molecule has 0 saturated heterocycles. The Morgan fingerprint density at radius 2 is 1.79 bits per heavy atom. The van der Waals surface area contributed by atoms with Crippen LogP contribution in [0.2, 0.25) is 0 Å². The number of nitrogens with zero attached hydrogens (tertiary/aromatic N) is 3. The normalized spacial score (nSPS) is 21.3. The number of nitrogens with one attached hydrogen (secondary N) is 1. The van der Waals surface area contributed by atoms with E-state index in [2.05, 4.69) is 5.32 Å². The molecule has 1 aliphatic heterocycles. The number of fused-ring (bicyclic) bond motifs is 1. The maximum atomic E-state index is 13.7. The van der Waals surface area contributed by atoms with Crippen LogP contribution in [0.1, 0.15) is 93.4 Å². The first kappa shape index (κ1) is 22.6. The van der Waals surface area contributed by atoms with Crippen molar-refractivity contribution in [3.63, 3.8) is 0 Å². The lowest BCUT2D eigenvalue weighted by atomic mass is 9.78. The SMILES string of the molecule is CC1=C(C(=O)OC2CCCCC2)C(c2ccccc2[N+](=O)[O-])c2c(C3CCCC3)nn(C)c2N1. The number of nitro benzene ring substituents is 1. The molecule has 2 saturated carbocycles. The Morgan fingerprint density at radius 1 is 1.12 bits per heavy atom. The summed E-state index contributed by atoms with van der Waals surface area (Å²) in [5, 5.41) is 20.3. The first-order valence-corrected chi connectivity index (χ1v) is 12.4. The number of aromatic nitrogens is 2. The van der Waals surface area contributed by atoms with Crippen LogP contribution in [0.5, 0.6) is 0 Å². The summed E-state index contributed by atoms with van der Waals surface area (Å²) < 4.78 is 7.82. The quantitative estimate of drug-likeness (QED) is 0.346. The van der Waals surface area contributed by atoms with Gasteiger partial charge < -0.3 is 10.1 Å². The molecule has 8 nitrogen and oxygen atoms in total. The maximum Gasteiger partial charge on any atom is 0.337 e. The smallest absolute Gasteiger partial charge is 0.337 e. The molecule has 5 rings (SSSR count). The Bertz CT molecular complexity index is 1140. The van der Waals surface area contributed by atoms with Crippen LogP contribution in [0, 0.1) is 10.1 Å². The van der Waals surface area contributed by atoms with Gasteiger partial charge in [-0.3, -0.25) is 14.8 Å². The Hall–Kier alpha value is -3.16. The molecule has 1 aromatic heterocycles. The average Bonchev–Trinajstić information content (AvgIpc) is 3.47. The zero-order chi connectivity index (χ0) is 23.8. The summed E-state index contributed by atoms with van der Waals surface area (Å²) in [5.41, 5.74) is 3.47. The molecule has 1 unspecified atom stereocenters. The average molecular weight is 465 g/mol. The number of rotatable bonds is 5. The number of para-hydroxylation sites is 1. The number of aryl methyl sites for hydroxylation is 1. The van der Waals surface area contributed by atoms with Gasteiger partial charge in [-0.15, -0.1) is 0 Å². The second-order valence-electron chi connectivity index (χ2n) is 9.83. The Balaban J connectivity index is 1.66. The fraction of sp³-hybridized carbons (Fsp3) is 0.538. The van der Waals surface area contributed by atoms with Crippen LogP contribution in [0.25, 0.3) is 0 Å². The number of carbonyl (C=O) groups is 1. The Kier molecular flexibility index (Phi) is 6.15. The van der Waals surface area contributed by atoms with Crippen LogP contribution in [-0.4, -0.2) is 26.8 Å². The summed E-state index contributed by atoms with van der Waals surface area (Å²) in [4.78, 5) is 25.3. The molecule has 1 N–H and O–H groups in total. The summed E-state index contributed by atoms with van der Waals surface area (Å²) in [6.45, 7) is 1.85. The fourth-order valence-electron chi connectivity index (χ4n) is 5.98. The lowest BCUT2D eigenvalue weighted by Crippen LogP contribution is -2.29. The highest BCUT2D eigenvalue weighted by atomic mass is 16.6. The van der Waals surface area contributed by atoms with Crippen molar-refractivity contribution in [3.8, 4) is 0 Å². The molecule has 0 amide bonds. The van der Waals surface area contributed by atoms with Gasteiger partial charge in [0.15, 0.2) is 0 Å². The molecule has 180 valence electrons. The van der Waals surface area contributed by atoms with Crippen LogP contribution < -0.4 is 5.32 Å². The second-order valence-corrected chi connectivity index (χ2v) is 9.83. The van der Waals surface area contributed by atoms with Gasteiger partial charge in [0.25, 0.3) is 5.69 Å². The molecule has 0 radical (unpaired) electrons. The number of hydrogen-bond acceptors (Lipinski definition) is 6. The van der Waals surface area contributed by atoms with Crippen molar-refractivity contribution in [2.24, 2.45) is 7.05 Å². The topological polar surface area (TPSA) is 99.3 Å². The highest BCUT2D eigenvalue weighted by Gasteiger charge is 2.42. The minimum atomic E-state index is -0.599. The first-order chi connectivity index (χ1) is 16.5. The van der Waals surface area contributed by atoms with E-state index in [1.54, 1.807) is 18.2 Å². The molecule has 1 atom stereocenters. The standard InChI is InChI=1S/C26H32N4O4/c1-16-21(26(31)34-18-12-4-3-5-13-18)22(19-14-8-9-15-20(19)30(32)33)23-24(17-10-6-7-11-17)28-29(2)25(23)27-16/h8-9,14-15,17-18,22,27H,3-7,10-13H2,1-2H3. The predicted octanol–water partition coefficient (Wildman–Crippen LogP) is 5.69. The minimum Gasteiger partial charge on any atom is -0.459 e. The number of esters is 1. The van der Waals surface area contributed by atoms with Gasteiger partial charge >= 0.3 is 5.97 Å². The van der Waals surface area contributed by atoms with E-state index in [-0.39, 0.29) is 28.6 Å². The third-order valence-electron chi connectivity index (χ3n) is 7.63. The van der Waals surface area contributed by atoms with Crippen molar-refractivity contribution in [2.45, 2.75) is 82.7 Å². The van der Waals surface area contributed by atoms with Crippen molar-refractivity contribution in [1.29, 1.82) is 0 Å². The van der Waals surface area contributed by atoms with E-state index in [1.165, 1.54) is 12.5 Å². The second kappa shape index (κ2) is 9.24. The summed E-state index contributed by atoms with van der Waals surface area (Å²) in [5.74, 6) is 0.109. The molecule has 2 fully saturated rings. The van der Waals surface area contributed by atoms with E-state index in [9.17, 15) is 14.9 Å². The highest BCUT2D eigenvalue weighted by Crippen LogP contribution is 2.49. The van der Waals surface area contributed by atoms with E-state index >= 15 is 0 Å². The van der Waals surface area contributed by atoms with Gasteiger partial charge in [-0.2, -0.15) is 5.10 Å². The third-order valence-corrected chi connectivity index (χ3v) is 7.63. The van der Waals surface area contributed by atoms with Crippen LogP contribution in [0.3, 0.4) is 0 Å².